The lowest BCUT2D eigenvalue weighted by molar-refractivity contribution is -0.119. The smallest absolute Gasteiger partial charge is 0.227 e. The topological polar surface area (TPSA) is 49.4 Å². The Morgan fingerprint density at radius 1 is 1.47 bits per heavy atom. The molecule has 17 heavy (non-hydrogen) atoms. The fraction of sp³-hybridized carbons (Fsp3) is 0.385. The molecule has 1 atom stereocenters. The van der Waals surface area contributed by atoms with Crippen LogP contribution in [0.2, 0.25) is 0 Å². The minimum absolute atomic E-state index is 0.0430. The van der Waals surface area contributed by atoms with Crippen LogP contribution in [-0.4, -0.2) is 17.9 Å². The molecule has 1 aromatic rings. The molecule has 1 aliphatic rings. The number of nitrogens with one attached hydrogen (secondary N) is 1. The van der Waals surface area contributed by atoms with Crippen LogP contribution < -0.4 is 10.2 Å². The van der Waals surface area contributed by atoms with E-state index >= 15 is 0 Å². The summed E-state index contributed by atoms with van der Waals surface area (Å²) >= 11 is 0. The third kappa shape index (κ3) is 2.16. The molecule has 0 spiro atoms. The van der Waals surface area contributed by atoms with Crippen LogP contribution in [0.1, 0.15) is 26.7 Å². The van der Waals surface area contributed by atoms with E-state index in [-0.39, 0.29) is 17.9 Å². The van der Waals surface area contributed by atoms with Crippen molar-refractivity contribution in [2.75, 3.05) is 10.2 Å². The third-order valence-corrected chi connectivity index (χ3v) is 2.93. The Labute approximate surface area is 101 Å². The number of benzene rings is 1. The second-order valence-corrected chi connectivity index (χ2v) is 4.24. The number of carbonyl (C=O) groups is 2. The molecular weight excluding hydrogens is 216 g/mol. The van der Waals surface area contributed by atoms with Crippen LogP contribution in [0.4, 0.5) is 11.4 Å². The van der Waals surface area contributed by atoms with E-state index in [9.17, 15) is 9.59 Å². The van der Waals surface area contributed by atoms with Crippen LogP contribution in [0.3, 0.4) is 0 Å². The van der Waals surface area contributed by atoms with E-state index in [4.69, 9.17) is 0 Å². The van der Waals surface area contributed by atoms with Gasteiger partial charge in [-0.3, -0.25) is 9.59 Å². The highest BCUT2D eigenvalue weighted by atomic mass is 16.2. The summed E-state index contributed by atoms with van der Waals surface area (Å²) in [5.74, 6) is -0.00203. The number of fused-ring (bicyclic) bond motifs is 1. The van der Waals surface area contributed by atoms with Gasteiger partial charge >= 0.3 is 0 Å². The number of carbonyl (C=O) groups excluding carboxylic acids is 2. The number of anilines is 2. The Kier molecular flexibility index (Phi) is 3.13. The monoisotopic (exact) mass is 232 g/mol. The lowest BCUT2D eigenvalue weighted by atomic mass is 10.1. The van der Waals surface area contributed by atoms with Gasteiger partial charge in [-0.2, -0.15) is 0 Å². The maximum Gasteiger partial charge on any atom is 0.227 e. The summed E-state index contributed by atoms with van der Waals surface area (Å²) in [4.78, 5) is 25.4. The Hall–Kier alpha value is -1.84. The molecule has 4 nitrogen and oxygen atoms in total. The van der Waals surface area contributed by atoms with Crippen LogP contribution in [0, 0.1) is 0 Å². The van der Waals surface area contributed by atoms with E-state index in [1.54, 1.807) is 4.90 Å². The van der Waals surface area contributed by atoms with Gasteiger partial charge in [-0.05, 0) is 19.1 Å². The number of rotatable bonds is 1. The molecule has 0 unspecified atom stereocenters. The first-order valence-corrected chi connectivity index (χ1v) is 5.84. The Morgan fingerprint density at radius 3 is 2.88 bits per heavy atom. The van der Waals surface area contributed by atoms with Crippen LogP contribution in [0.5, 0.6) is 0 Å². The predicted octanol–water partition coefficient (Wildman–Crippen LogP) is 2.16. The van der Waals surface area contributed by atoms with E-state index in [1.165, 1.54) is 0 Å². The molecule has 90 valence electrons. The van der Waals surface area contributed by atoms with Crippen molar-refractivity contribution in [3.63, 3.8) is 0 Å². The van der Waals surface area contributed by atoms with Crippen LogP contribution in [0.25, 0.3) is 0 Å². The molecule has 0 saturated heterocycles. The van der Waals surface area contributed by atoms with E-state index in [0.717, 1.165) is 5.69 Å². The number of nitrogens with zero attached hydrogens (tertiary/aromatic N) is 1. The van der Waals surface area contributed by atoms with Gasteiger partial charge in [0.15, 0.2) is 0 Å². The zero-order valence-corrected chi connectivity index (χ0v) is 10.1. The number of hydrogen-bond donors (Lipinski definition) is 1. The fourth-order valence-corrected chi connectivity index (χ4v) is 2.14. The SMILES string of the molecule is CCC(=O)N1c2ccccc2NC(=O)C[C@H]1C. The van der Waals surface area contributed by atoms with Gasteiger partial charge in [-0.15, -0.1) is 0 Å². The normalized spacial score (nSPS) is 19.3. The molecule has 2 rings (SSSR count). The van der Waals surface area contributed by atoms with Crippen LogP contribution in [-0.2, 0) is 9.59 Å². The zero-order chi connectivity index (χ0) is 12.4. The first kappa shape index (κ1) is 11.6. The molecule has 0 aliphatic carbocycles. The molecule has 0 aromatic heterocycles. The maximum atomic E-state index is 12.0. The van der Waals surface area contributed by atoms with Crippen molar-refractivity contribution in [3.8, 4) is 0 Å². The van der Waals surface area contributed by atoms with E-state index in [2.05, 4.69) is 5.32 Å². The average Bonchev–Trinajstić information content (AvgIpc) is 2.42. The minimum atomic E-state index is -0.105. The summed E-state index contributed by atoms with van der Waals surface area (Å²) in [5.41, 5.74) is 1.50. The second kappa shape index (κ2) is 4.57. The Balaban J connectivity index is 2.49. The van der Waals surface area contributed by atoms with Crippen molar-refractivity contribution in [3.05, 3.63) is 24.3 Å². The summed E-state index contributed by atoms with van der Waals surface area (Å²) in [7, 11) is 0. The van der Waals surface area contributed by atoms with E-state index in [1.807, 2.05) is 38.1 Å². The van der Waals surface area contributed by atoms with Gasteiger partial charge in [-0.1, -0.05) is 19.1 Å². The number of para-hydroxylation sites is 2. The predicted molar refractivity (Wildman–Crippen MR) is 66.9 cm³/mol. The maximum absolute atomic E-state index is 12.0. The van der Waals surface area contributed by atoms with E-state index in [0.29, 0.717) is 18.5 Å². The summed E-state index contributed by atoms with van der Waals surface area (Å²) in [6, 6.07) is 7.31. The van der Waals surface area contributed by atoms with Gasteiger partial charge in [0, 0.05) is 18.9 Å². The molecule has 0 saturated carbocycles. The van der Waals surface area contributed by atoms with Crippen molar-refractivity contribution < 1.29 is 9.59 Å². The van der Waals surface area contributed by atoms with Crippen molar-refractivity contribution >= 4 is 23.2 Å². The summed E-state index contributed by atoms with van der Waals surface area (Å²) in [5, 5.41) is 2.83. The molecule has 0 fully saturated rings. The van der Waals surface area contributed by atoms with Crippen molar-refractivity contribution in [2.24, 2.45) is 0 Å². The first-order valence-electron chi connectivity index (χ1n) is 5.84. The molecule has 0 radical (unpaired) electrons. The Bertz CT molecular complexity index is 456. The first-order chi connectivity index (χ1) is 8.13. The molecule has 1 heterocycles. The fourth-order valence-electron chi connectivity index (χ4n) is 2.14. The molecule has 0 bridgehead atoms. The zero-order valence-electron chi connectivity index (χ0n) is 10.1. The molecule has 2 amide bonds. The number of hydrogen-bond acceptors (Lipinski definition) is 2. The molecule has 4 heteroatoms. The standard InChI is InChI=1S/C13H16N2O2/c1-3-13(17)15-9(2)8-12(16)14-10-6-4-5-7-11(10)15/h4-7,9H,3,8H2,1-2H3,(H,14,16)/t9-/m1/s1. The quantitative estimate of drug-likeness (QED) is 0.806. The summed E-state index contributed by atoms with van der Waals surface area (Å²) in [6.45, 7) is 3.73. The van der Waals surface area contributed by atoms with Gasteiger partial charge in [0.1, 0.15) is 0 Å². The summed E-state index contributed by atoms with van der Waals surface area (Å²) in [6.07, 6.45) is 0.771. The summed E-state index contributed by atoms with van der Waals surface area (Å²) < 4.78 is 0. The molecule has 1 N–H and O–H groups in total. The third-order valence-electron chi connectivity index (χ3n) is 2.93. The number of amides is 2. The van der Waals surface area contributed by atoms with Gasteiger partial charge in [-0.25, -0.2) is 0 Å². The van der Waals surface area contributed by atoms with Crippen molar-refractivity contribution in [1.82, 2.24) is 0 Å². The van der Waals surface area contributed by atoms with Gasteiger partial charge in [0.25, 0.3) is 0 Å². The van der Waals surface area contributed by atoms with Gasteiger partial charge < -0.3 is 10.2 Å². The molecular formula is C13H16N2O2. The van der Waals surface area contributed by atoms with Gasteiger partial charge in [0.05, 0.1) is 11.4 Å². The molecule has 1 aromatic carbocycles. The highest BCUT2D eigenvalue weighted by Crippen LogP contribution is 2.31. The van der Waals surface area contributed by atoms with E-state index < -0.39 is 0 Å². The minimum Gasteiger partial charge on any atom is -0.324 e. The van der Waals surface area contributed by atoms with Crippen molar-refractivity contribution in [1.29, 1.82) is 0 Å². The lowest BCUT2D eigenvalue weighted by Crippen LogP contribution is -2.38. The van der Waals surface area contributed by atoms with Crippen LogP contribution in [0.15, 0.2) is 24.3 Å². The van der Waals surface area contributed by atoms with Crippen LogP contribution >= 0.6 is 0 Å². The molecule has 1 aliphatic heterocycles. The van der Waals surface area contributed by atoms with Crippen molar-refractivity contribution in [2.45, 2.75) is 32.7 Å². The largest absolute Gasteiger partial charge is 0.324 e. The highest BCUT2D eigenvalue weighted by Gasteiger charge is 2.28. The second-order valence-electron chi connectivity index (χ2n) is 4.24. The van der Waals surface area contributed by atoms with Gasteiger partial charge in [0.2, 0.25) is 11.8 Å². The lowest BCUT2D eigenvalue weighted by Gasteiger charge is -2.27. The average molecular weight is 232 g/mol. The Morgan fingerprint density at radius 2 is 2.18 bits per heavy atom. The highest BCUT2D eigenvalue weighted by molar-refractivity contribution is 6.04.